The number of nitrogens with zero attached hydrogens (tertiary/aromatic N) is 2. The Morgan fingerprint density at radius 2 is 2.12 bits per heavy atom. The first-order valence-electron chi connectivity index (χ1n) is 5.64. The highest BCUT2D eigenvalue weighted by Crippen LogP contribution is 2.20. The van der Waals surface area contributed by atoms with E-state index in [1.807, 2.05) is 13.1 Å². The molecule has 0 bridgehead atoms. The van der Waals surface area contributed by atoms with Gasteiger partial charge in [0.2, 0.25) is 5.91 Å². The Balaban J connectivity index is 2.27. The van der Waals surface area contributed by atoms with Gasteiger partial charge in [0.05, 0.1) is 12.6 Å². The van der Waals surface area contributed by atoms with Crippen LogP contribution in [0.25, 0.3) is 0 Å². The summed E-state index contributed by atoms with van der Waals surface area (Å²) in [4.78, 5) is 13.5. The fourth-order valence-corrected chi connectivity index (χ4v) is 1.85. The quantitative estimate of drug-likeness (QED) is 0.643. The van der Waals surface area contributed by atoms with Gasteiger partial charge in [0.25, 0.3) is 0 Å². The second-order valence-corrected chi connectivity index (χ2v) is 4.52. The van der Waals surface area contributed by atoms with Gasteiger partial charge in [-0.2, -0.15) is 5.26 Å². The molecule has 5 nitrogen and oxygen atoms in total. The van der Waals surface area contributed by atoms with E-state index in [0.29, 0.717) is 6.54 Å². The van der Waals surface area contributed by atoms with Gasteiger partial charge in [-0.15, -0.1) is 0 Å². The van der Waals surface area contributed by atoms with Crippen LogP contribution in [0.15, 0.2) is 0 Å². The molecule has 1 heterocycles. The van der Waals surface area contributed by atoms with Crippen molar-refractivity contribution in [1.82, 2.24) is 15.5 Å². The molecule has 0 aliphatic carbocycles. The zero-order valence-corrected chi connectivity index (χ0v) is 10.0. The summed E-state index contributed by atoms with van der Waals surface area (Å²) in [6, 6.07) is 1.90. The smallest absolute Gasteiger partial charge is 0.235 e. The SMILES string of the molecule is CNC1(C)CCN(CC(=O)NCC#N)CC1. The van der Waals surface area contributed by atoms with Crippen LogP contribution in [0.5, 0.6) is 0 Å². The minimum absolute atomic E-state index is 0.0605. The van der Waals surface area contributed by atoms with Crippen LogP contribution in [-0.2, 0) is 4.79 Å². The van der Waals surface area contributed by atoms with Crippen molar-refractivity contribution in [3.8, 4) is 6.07 Å². The molecule has 1 amide bonds. The number of carbonyl (C=O) groups excluding carboxylic acids is 1. The summed E-state index contributed by atoms with van der Waals surface area (Å²) in [5.74, 6) is -0.0605. The molecular formula is C11H20N4O. The Bertz CT molecular complexity index is 276. The largest absolute Gasteiger partial charge is 0.342 e. The molecule has 90 valence electrons. The number of nitrogens with one attached hydrogen (secondary N) is 2. The maximum atomic E-state index is 11.4. The summed E-state index contributed by atoms with van der Waals surface area (Å²) in [6.45, 7) is 4.57. The van der Waals surface area contributed by atoms with Crippen LogP contribution < -0.4 is 10.6 Å². The third-order valence-corrected chi connectivity index (χ3v) is 3.29. The van der Waals surface area contributed by atoms with E-state index >= 15 is 0 Å². The van der Waals surface area contributed by atoms with Crippen molar-refractivity contribution in [2.75, 3.05) is 33.2 Å². The number of rotatable bonds is 4. The van der Waals surface area contributed by atoms with Crippen molar-refractivity contribution in [2.45, 2.75) is 25.3 Å². The van der Waals surface area contributed by atoms with Crippen molar-refractivity contribution < 1.29 is 4.79 Å². The zero-order chi connectivity index (χ0) is 12.0. The maximum absolute atomic E-state index is 11.4. The van der Waals surface area contributed by atoms with Crippen LogP contribution in [0.3, 0.4) is 0 Å². The summed E-state index contributed by atoms with van der Waals surface area (Å²) in [7, 11) is 1.98. The standard InChI is InChI=1S/C11H20N4O/c1-11(13-2)3-7-15(8-4-11)9-10(16)14-6-5-12/h13H,3-4,6-9H2,1-2H3,(H,14,16). The Kier molecular flexibility index (Phi) is 4.71. The summed E-state index contributed by atoms with van der Waals surface area (Å²) in [5, 5.41) is 14.2. The van der Waals surface area contributed by atoms with Gasteiger partial charge in [-0.3, -0.25) is 9.69 Å². The van der Waals surface area contributed by atoms with Crippen molar-refractivity contribution in [3.05, 3.63) is 0 Å². The van der Waals surface area contributed by atoms with E-state index in [2.05, 4.69) is 22.5 Å². The van der Waals surface area contributed by atoms with E-state index in [-0.39, 0.29) is 18.0 Å². The lowest BCUT2D eigenvalue weighted by Gasteiger charge is -2.38. The lowest BCUT2D eigenvalue weighted by atomic mass is 9.90. The van der Waals surface area contributed by atoms with Gasteiger partial charge in [-0.25, -0.2) is 0 Å². The molecule has 2 N–H and O–H groups in total. The monoisotopic (exact) mass is 224 g/mol. The molecule has 1 aliphatic heterocycles. The summed E-state index contributed by atoms with van der Waals surface area (Å²) in [6.07, 6.45) is 2.10. The number of hydrogen-bond donors (Lipinski definition) is 2. The van der Waals surface area contributed by atoms with Gasteiger partial charge in [0, 0.05) is 18.6 Å². The lowest BCUT2D eigenvalue weighted by Crippen LogP contribution is -2.51. The molecule has 0 unspecified atom stereocenters. The van der Waals surface area contributed by atoms with E-state index in [1.165, 1.54) is 0 Å². The molecule has 1 rings (SSSR count). The molecule has 1 fully saturated rings. The predicted molar refractivity (Wildman–Crippen MR) is 61.8 cm³/mol. The molecule has 16 heavy (non-hydrogen) atoms. The summed E-state index contributed by atoms with van der Waals surface area (Å²) >= 11 is 0. The van der Waals surface area contributed by atoms with Crippen LogP contribution in [-0.4, -0.2) is 49.6 Å². The van der Waals surface area contributed by atoms with Crippen LogP contribution in [0.1, 0.15) is 19.8 Å². The third-order valence-electron chi connectivity index (χ3n) is 3.29. The molecule has 0 aromatic rings. The second kappa shape index (κ2) is 5.83. The third kappa shape index (κ3) is 3.80. The average molecular weight is 224 g/mol. The van der Waals surface area contributed by atoms with Gasteiger partial charge < -0.3 is 10.6 Å². The van der Waals surface area contributed by atoms with Gasteiger partial charge in [-0.1, -0.05) is 0 Å². The minimum Gasteiger partial charge on any atom is -0.342 e. The van der Waals surface area contributed by atoms with Gasteiger partial charge in [0.1, 0.15) is 6.54 Å². The first-order valence-corrected chi connectivity index (χ1v) is 5.64. The first kappa shape index (κ1) is 12.9. The van der Waals surface area contributed by atoms with Gasteiger partial charge in [0.15, 0.2) is 0 Å². The van der Waals surface area contributed by atoms with Crippen LogP contribution >= 0.6 is 0 Å². The molecule has 0 saturated carbocycles. The highest BCUT2D eigenvalue weighted by molar-refractivity contribution is 5.78. The second-order valence-electron chi connectivity index (χ2n) is 4.52. The van der Waals surface area contributed by atoms with E-state index < -0.39 is 0 Å². The molecule has 1 aliphatic rings. The maximum Gasteiger partial charge on any atom is 0.235 e. The number of hydrogen-bond acceptors (Lipinski definition) is 4. The molecule has 0 atom stereocenters. The Morgan fingerprint density at radius 1 is 1.50 bits per heavy atom. The summed E-state index contributed by atoms with van der Waals surface area (Å²) < 4.78 is 0. The molecule has 0 aromatic heterocycles. The minimum atomic E-state index is -0.0605. The molecule has 0 radical (unpaired) electrons. The Hall–Kier alpha value is -1.12. The number of likely N-dealkylation sites (tertiary alicyclic amines) is 1. The highest BCUT2D eigenvalue weighted by atomic mass is 16.2. The Morgan fingerprint density at radius 3 is 2.62 bits per heavy atom. The first-order chi connectivity index (χ1) is 7.59. The van der Waals surface area contributed by atoms with E-state index in [0.717, 1.165) is 25.9 Å². The number of amides is 1. The van der Waals surface area contributed by atoms with Crippen molar-refractivity contribution >= 4 is 5.91 Å². The van der Waals surface area contributed by atoms with E-state index in [9.17, 15) is 4.79 Å². The Labute approximate surface area is 96.8 Å². The highest BCUT2D eigenvalue weighted by Gasteiger charge is 2.28. The molecule has 5 heteroatoms. The number of piperidine rings is 1. The summed E-state index contributed by atoms with van der Waals surface area (Å²) in [5.41, 5.74) is 0.208. The van der Waals surface area contributed by atoms with Crippen LogP contribution in [0.4, 0.5) is 0 Å². The zero-order valence-electron chi connectivity index (χ0n) is 10.0. The van der Waals surface area contributed by atoms with Crippen LogP contribution in [0.2, 0.25) is 0 Å². The topological polar surface area (TPSA) is 68.2 Å². The van der Waals surface area contributed by atoms with E-state index in [1.54, 1.807) is 0 Å². The van der Waals surface area contributed by atoms with Gasteiger partial charge in [-0.05, 0) is 26.8 Å². The fraction of sp³-hybridized carbons (Fsp3) is 0.818. The molecular weight excluding hydrogens is 204 g/mol. The predicted octanol–water partition coefficient (Wildman–Crippen LogP) is -0.300. The number of nitriles is 1. The fourth-order valence-electron chi connectivity index (χ4n) is 1.85. The number of carbonyl (C=O) groups is 1. The lowest BCUT2D eigenvalue weighted by molar-refractivity contribution is -0.122. The van der Waals surface area contributed by atoms with E-state index in [4.69, 9.17) is 5.26 Å². The molecule has 0 spiro atoms. The molecule has 1 saturated heterocycles. The van der Waals surface area contributed by atoms with Crippen molar-refractivity contribution in [3.63, 3.8) is 0 Å². The average Bonchev–Trinajstić information content (AvgIpc) is 2.30. The molecule has 0 aromatic carbocycles. The van der Waals surface area contributed by atoms with Crippen molar-refractivity contribution in [1.29, 1.82) is 5.26 Å². The normalized spacial score (nSPS) is 20.1. The van der Waals surface area contributed by atoms with Crippen LogP contribution in [0, 0.1) is 11.3 Å². The van der Waals surface area contributed by atoms with Gasteiger partial charge >= 0.3 is 0 Å². The van der Waals surface area contributed by atoms with Crippen molar-refractivity contribution in [2.24, 2.45) is 0 Å².